The van der Waals surface area contributed by atoms with Gasteiger partial charge in [-0.05, 0) is 44.4 Å². The highest BCUT2D eigenvalue weighted by Gasteiger charge is 2.29. The number of amides is 1. The van der Waals surface area contributed by atoms with Crippen molar-refractivity contribution in [1.82, 2.24) is 15.3 Å². The maximum Gasteiger partial charge on any atom is 0.422 e. The monoisotopic (exact) mass is 450 g/mol. The van der Waals surface area contributed by atoms with Gasteiger partial charge in [0, 0.05) is 55.1 Å². The van der Waals surface area contributed by atoms with Gasteiger partial charge in [-0.3, -0.25) is 14.6 Å². The minimum atomic E-state index is -4.45. The van der Waals surface area contributed by atoms with Gasteiger partial charge in [0.2, 0.25) is 5.88 Å². The lowest BCUT2D eigenvalue weighted by atomic mass is 10.1. The second-order valence-corrected chi connectivity index (χ2v) is 7.68. The van der Waals surface area contributed by atoms with E-state index in [4.69, 9.17) is 4.74 Å². The predicted molar refractivity (Wildman–Crippen MR) is 112 cm³/mol. The summed E-state index contributed by atoms with van der Waals surface area (Å²) >= 11 is 0. The second-order valence-electron chi connectivity index (χ2n) is 7.68. The minimum absolute atomic E-state index is 0.0554. The van der Waals surface area contributed by atoms with Crippen molar-refractivity contribution in [2.24, 2.45) is 0 Å². The zero-order chi connectivity index (χ0) is 23.1. The maximum absolute atomic E-state index is 12.6. The highest BCUT2D eigenvalue weighted by molar-refractivity contribution is 5.94. The zero-order valence-corrected chi connectivity index (χ0v) is 17.7. The van der Waals surface area contributed by atoms with Gasteiger partial charge in [-0.15, -0.1) is 0 Å². The summed E-state index contributed by atoms with van der Waals surface area (Å²) in [5, 5.41) is 2.81. The van der Waals surface area contributed by atoms with E-state index in [1.165, 1.54) is 19.2 Å². The van der Waals surface area contributed by atoms with Crippen LogP contribution < -0.4 is 15.0 Å². The normalized spacial score (nSPS) is 14.2. The molecule has 1 amide bonds. The highest BCUT2D eigenvalue weighted by Crippen LogP contribution is 2.26. The molecule has 0 bridgehead atoms. The Bertz CT molecular complexity index is 960. The van der Waals surface area contributed by atoms with E-state index in [0.717, 1.165) is 32.4 Å². The molecule has 1 aliphatic heterocycles. The summed E-state index contributed by atoms with van der Waals surface area (Å²) in [4.78, 5) is 34.3. The number of ether oxygens (including phenoxy) is 1. The van der Waals surface area contributed by atoms with E-state index >= 15 is 0 Å². The van der Waals surface area contributed by atoms with E-state index in [0.29, 0.717) is 22.6 Å². The number of carbonyl (C=O) groups is 2. The lowest BCUT2D eigenvalue weighted by Gasteiger charge is -2.29. The van der Waals surface area contributed by atoms with Crippen LogP contribution in [0.1, 0.15) is 47.8 Å². The molecule has 0 aliphatic carbocycles. The number of hydrogen-bond acceptors (Lipinski definition) is 6. The van der Waals surface area contributed by atoms with Crippen molar-refractivity contribution in [3.63, 3.8) is 0 Å². The van der Waals surface area contributed by atoms with Crippen LogP contribution in [-0.2, 0) is 17.8 Å². The molecule has 0 atom stereocenters. The molecule has 0 radical (unpaired) electrons. The van der Waals surface area contributed by atoms with Crippen LogP contribution in [0.3, 0.4) is 0 Å². The Balaban J connectivity index is 1.74. The lowest BCUT2D eigenvalue weighted by molar-refractivity contribution is -0.154. The molecule has 172 valence electrons. The number of Topliss-reactive ketones (excluding diaryl/α,β-unsaturated/α-hetero) is 1. The molecule has 0 saturated carbocycles. The molecule has 32 heavy (non-hydrogen) atoms. The van der Waals surface area contributed by atoms with Crippen LogP contribution in [0.5, 0.6) is 5.88 Å². The summed E-state index contributed by atoms with van der Waals surface area (Å²) in [7, 11) is 0. The van der Waals surface area contributed by atoms with Crippen LogP contribution in [0, 0.1) is 0 Å². The number of aromatic nitrogens is 2. The van der Waals surface area contributed by atoms with E-state index in [2.05, 4.69) is 15.3 Å². The molecule has 3 heterocycles. The van der Waals surface area contributed by atoms with Crippen LogP contribution in [0.4, 0.5) is 19.0 Å². The Kier molecular flexibility index (Phi) is 7.66. The molecule has 10 heteroatoms. The van der Waals surface area contributed by atoms with Crippen molar-refractivity contribution in [3.05, 3.63) is 47.3 Å². The molecule has 0 aromatic carbocycles. The van der Waals surface area contributed by atoms with Gasteiger partial charge in [0.25, 0.3) is 5.91 Å². The highest BCUT2D eigenvalue weighted by atomic mass is 19.4. The van der Waals surface area contributed by atoms with Crippen molar-refractivity contribution < 1.29 is 27.5 Å². The van der Waals surface area contributed by atoms with E-state index in [1.807, 2.05) is 4.90 Å². The number of hydrogen-bond donors (Lipinski definition) is 1. The van der Waals surface area contributed by atoms with Crippen LogP contribution in [0.15, 0.2) is 30.5 Å². The number of pyridine rings is 2. The standard InChI is InChI=1S/C22H25F3N4O3/c1-15(30)11-18-12-16(7-8-26-18)21(31)27-13-17-5-6-19(32-14-22(23,24)25)28-20(17)29-9-3-2-4-10-29/h5-8,12H,2-4,9-11,13-14H2,1H3,(H,27,31). The van der Waals surface area contributed by atoms with Gasteiger partial charge in [-0.25, -0.2) is 0 Å². The minimum Gasteiger partial charge on any atom is -0.468 e. The molecule has 1 fully saturated rings. The van der Waals surface area contributed by atoms with Gasteiger partial charge < -0.3 is 15.0 Å². The molecule has 0 spiro atoms. The van der Waals surface area contributed by atoms with Crippen LogP contribution in [0.25, 0.3) is 0 Å². The van der Waals surface area contributed by atoms with Gasteiger partial charge in [0.15, 0.2) is 6.61 Å². The molecule has 7 nitrogen and oxygen atoms in total. The number of carbonyl (C=O) groups excluding carboxylic acids is 2. The van der Waals surface area contributed by atoms with Crippen molar-refractivity contribution in [1.29, 1.82) is 0 Å². The third-order valence-electron chi connectivity index (χ3n) is 4.92. The average Bonchev–Trinajstić information content (AvgIpc) is 2.76. The van der Waals surface area contributed by atoms with Gasteiger partial charge >= 0.3 is 6.18 Å². The molecule has 3 rings (SSSR count). The van der Waals surface area contributed by atoms with Crippen molar-refractivity contribution >= 4 is 17.5 Å². The quantitative estimate of drug-likeness (QED) is 0.663. The first kappa shape index (κ1) is 23.5. The van der Waals surface area contributed by atoms with Crippen LogP contribution in [0.2, 0.25) is 0 Å². The molecule has 0 unspecified atom stereocenters. The fourth-order valence-corrected chi connectivity index (χ4v) is 3.46. The van der Waals surface area contributed by atoms with E-state index < -0.39 is 12.8 Å². The average molecular weight is 450 g/mol. The Hall–Kier alpha value is -3.17. The Morgan fingerprint density at radius 2 is 1.91 bits per heavy atom. The molecule has 1 saturated heterocycles. The third-order valence-corrected chi connectivity index (χ3v) is 4.92. The summed E-state index contributed by atoms with van der Waals surface area (Å²) < 4.78 is 42.3. The van der Waals surface area contributed by atoms with Crippen molar-refractivity contribution in [2.75, 3.05) is 24.6 Å². The fourth-order valence-electron chi connectivity index (χ4n) is 3.46. The number of anilines is 1. The molecular formula is C22H25F3N4O3. The SMILES string of the molecule is CC(=O)Cc1cc(C(=O)NCc2ccc(OCC(F)(F)F)nc2N2CCCCC2)ccn1. The Labute approximate surface area is 184 Å². The Morgan fingerprint density at radius 1 is 1.16 bits per heavy atom. The number of nitrogens with one attached hydrogen (secondary N) is 1. The van der Waals surface area contributed by atoms with E-state index in [9.17, 15) is 22.8 Å². The largest absolute Gasteiger partial charge is 0.468 e. The van der Waals surface area contributed by atoms with Gasteiger partial charge in [-0.1, -0.05) is 0 Å². The fraction of sp³-hybridized carbons (Fsp3) is 0.455. The summed E-state index contributed by atoms with van der Waals surface area (Å²) in [6, 6.07) is 6.11. The number of halogens is 3. The summed E-state index contributed by atoms with van der Waals surface area (Å²) in [6.07, 6.45) is 0.154. The number of rotatable bonds is 8. The van der Waals surface area contributed by atoms with Crippen LogP contribution >= 0.6 is 0 Å². The van der Waals surface area contributed by atoms with Crippen LogP contribution in [-0.4, -0.2) is 47.5 Å². The number of alkyl halides is 3. The first-order valence-corrected chi connectivity index (χ1v) is 10.4. The van der Waals surface area contributed by atoms with Gasteiger partial charge in [-0.2, -0.15) is 18.2 Å². The molecule has 2 aromatic heterocycles. The zero-order valence-electron chi connectivity index (χ0n) is 17.7. The van der Waals surface area contributed by atoms with Gasteiger partial charge in [0.1, 0.15) is 11.6 Å². The van der Waals surface area contributed by atoms with E-state index in [-0.39, 0.29) is 30.5 Å². The van der Waals surface area contributed by atoms with E-state index in [1.54, 1.807) is 18.2 Å². The summed E-state index contributed by atoms with van der Waals surface area (Å²) in [5.74, 6) is -0.00279. The molecular weight excluding hydrogens is 425 g/mol. The van der Waals surface area contributed by atoms with Crippen molar-refractivity contribution in [2.45, 2.75) is 45.3 Å². The maximum atomic E-state index is 12.6. The summed E-state index contributed by atoms with van der Waals surface area (Å²) in [6.45, 7) is 1.64. The van der Waals surface area contributed by atoms with Crippen molar-refractivity contribution in [3.8, 4) is 5.88 Å². The number of piperidine rings is 1. The smallest absolute Gasteiger partial charge is 0.422 e. The topological polar surface area (TPSA) is 84.4 Å². The molecule has 2 aromatic rings. The summed E-state index contributed by atoms with van der Waals surface area (Å²) in [5.41, 5.74) is 1.55. The number of ketones is 1. The number of nitrogens with zero attached hydrogens (tertiary/aromatic N) is 3. The molecule has 1 N–H and O–H groups in total. The predicted octanol–water partition coefficient (Wildman–Crippen LogP) is 3.47. The lowest BCUT2D eigenvalue weighted by Crippen LogP contribution is -2.32. The second kappa shape index (κ2) is 10.4. The third kappa shape index (κ3) is 6.93. The first-order chi connectivity index (χ1) is 15.2. The first-order valence-electron chi connectivity index (χ1n) is 10.4. The Morgan fingerprint density at radius 3 is 2.59 bits per heavy atom. The molecule has 1 aliphatic rings. The van der Waals surface area contributed by atoms with Gasteiger partial charge in [0.05, 0.1) is 0 Å².